The topological polar surface area (TPSA) is 59.4 Å². The summed E-state index contributed by atoms with van der Waals surface area (Å²) in [5, 5.41) is 10.1. The zero-order valence-electron chi connectivity index (χ0n) is 8.52. The highest BCUT2D eigenvalue weighted by atomic mass is 16.3. The van der Waals surface area contributed by atoms with Gasteiger partial charge in [-0.25, -0.2) is 0 Å². The molecule has 1 atom stereocenters. The maximum Gasteiger partial charge on any atom is 0.134 e. The first-order valence-corrected chi connectivity index (χ1v) is 5.12. The quantitative estimate of drug-likeness (QED) is 0.796. The Bertz CT molecular complexity index is 399. The standard InChI is InChI=1S/C12H15NO2/c13-7-9(8-14)5-11-6-10-3-1-2-4-12(10)15-11/h1-4,6,9,14H,5,7-8,13H2. The van der Waals surface area contributed by atoms with E-state index < -0.39 is 0 Å². The molecule has 0 bridgehead atoms. The molecule has 0 spiro atoms. The first-order chi connectivity index (χ1) is 7.33. The van der Waals surface area contributed by atoms with Crippen molar-refractivity contribution in [1.82, 2.24) is 0 Å². The van der Waals surface area contributed by atoms with E-state index in [0.717, 1.165) is 16.7 Å². The van der Waals surface area contributed by atoms with E-state index in [2.05, 4.69) is 0 Å². The summed E-state index contributed by atoms with van der Waals surface area (Å²) in [4.78, 5) is 0. The van der Waals surface area contributed by atoms with Crippen LogP contribution in [0.5, 0.6) is 0 Å². The third-order valence-electron chi connectivity index (χ3n) is 2.56. The van der Waals surface area contributed by atoms with Crippen molar-refractivity contribution in [2.45, 2.75) is 6.42 Å². The van der Waals surface area contributed by atoms with Gasteiger partial charge < -0.3 is 15.3 Å². The molecule has 1 unspecified atom stereocenters. The molecule has 3 heteroatoms. The van der Waals surface area contributed by atoms with Gasteiger partial charge in [-0.1, -0.05) is 18.2 Å². The summed E-state index contributed by atoms with van der Waals surface area (Å²) in [5.74, 6) is 0.978. The van der Waals surface area contributed by atoms with Gasteiger partial charge in [0.15, 0.2) is 0 Å². The number of para-hydroxylation sites is 1. The maximum absolute atomic E-state index is 9.04. The van der Waals surface area contributed by atoms with Gasteiger partial charge in [-0.15, -0.1) is 0 Å². The molecule has 2 aromatic rings. The summed E-state index contributed by atoms with van der Waals surface area (Å²) in [5.41, 5.74) is 6.41. The fourth-order valence-electron chi connectivity index (χ4n) is 1.64. The van der Waals surface area contributed by atoms with Crippen LogP contribution < -0.4 is 5.73 Å². The molecular weight excluding hydrogens is 190 g/mol. The van der Waals surface area contributed by atoms with Gasteiger partial charge in [0.1, 0.15) is 11.3 Å². The lowest BCUT2D eigenvalue weighted by Gasteiger charge is -2.07. The van der Waals surface area contributed by atoms with Crippen molar-refractivity contribution in [2.24, 2.45) is 11.7 Å². The largest absolute Gasteiger partial charge is 0.461 e. The number of fused-ring (bicyclic) bond motifs is 1. The van der Waals surface area contributed by atoms with Gasteiger partial charge in [0.05, 0.1) is 0 Å². The molecule has 0 saturated carbocycles. The molecule has 1 heterocycles. The predicted octanol–water partition coefficient (Wildman–Crippen LogP) is 1.54. The molecule has 0 aliphatic heterocycles. The van der Waals surface area contributed by atoms with Crippen LogP contribution >= 0.6 is 0 Å². The van der Waals surface area contributed by atoms with Crippen LogP contribution in [0, 0.1) is 5.92 Å². The van der Waals surface area contributed by atoms with Crippen LogP contribution in [0.2, 0.25) is 0 Å². The molecular formula is C12H15NO2. The minimum atomic E-state index is 0.0885. The molecule has 0 aliphatic rings. The summed E-state index contributed by atoms with van der Waals surface area (Å²) in [6, 6.07) is 9.89. The van der Waals surface area contributed by atoms with Crippen molar-refractivity contribution < 1.29 is 9.52 Å². The maximum atomic E-state index is 9.04. The number of furan rings is 1. The lowest BCUT2D eigenvalue weighted by atomic mass is 10.1. The van der Waals surface area contributed by atoms with Crippen molar-refractivity contribution in [3.63, 3.8) is 0 Å². The predicted molar refractivity (Wildman–Crippen MR) is 59.5 cm³/mol. The second-order valence-electron chi connectivity index (χ2n) is 3.74. The van der Waals surface area contributed by atoms with E-state index >= 15 is 0 Å². The summed E-state index contributed by atoms with van der Waals surface area (Å²) in [6.45, 7) is 0.584. The number of nitrogens with two attached hydrogens (primary N) is 1. The van der Waals surface area contributed by atoms with Crippen LogP contribution in [0.4, 0.5) is 0 Å². The second-order valence-corrected chi connectivity index (χ2v) is 3.74. The number of rotatable bonds is 4. The van der Waals surface area contributed by atoms with Gasteiger partial charge in [0, 0.05) is 24.3 Å². The van der Waals surface area contributed by atoms with Crippen molar-refractivity contribution >= 4 is 11.0 Å². The minimum absolute atomic E-state index is 0.0885. The van der Waals surface area contributed by atoms with E-state index in [1.165, 1.54) is 0 Å². The summed E-state index contributed by atoms with van der Waals surface area (Å²) >= 11 is 0. The van der Waals surface area contributed by atoms with E-state index in [4.69, 9.17) is 15.3 Å². The molecule has 3 nitrogen and oxygen atoms in total. The van der Waals surface area contributed by atoms with Crippen molar-refractivity contribution in [2.75, 3.05) is 13.2 Å². The first-order valence-electron chi connectivity index (χ1n) is 5.12. The van der Waals surface area contributed by atoms with Crippen LogP contribution in [0.25, 0.3) is 11.0 Å². The molecule has 1 aromatic heterocycles. The van der Waals surface area contributed by atoms with Gasteiger partial charge in [-0.2, -0.15) is 0 Å². The molecule has 0 saturated heterocycles. The molecule has 0 radical (unpaired) electrons. The lowest BCUT2D eigenvalue weighted by molar-refractivity contribution is 0.224. The summed E-state index contributed by atoms with van der Waals surface area (Å²) in [7, 11) is 0. The Morgan fingerprint density at radius 1 is 1.33 bits per heavy atom. The van der Waals surface area contributed by atoms with Crippen LogP contribution in [-0.4, -0.2) is 18.3 Å². The number of hydrogen-bond acceptors (Lipinski definition) is 3. The molecule has 15 heavy (non-hydrogen) atoms. The zero-order chi connectivity index (χ0) is 10.7. The van der Waals surface area contributed by atoms with Gasteiger partial charge >= 0.3 is 0 Å². The summed E-state index contributed by atoms with van der Waals surface area (Å²) in [6.07, 6.45) is 0.696. The molecule has 0 fully saturated rings. The Morgan fingerprint density at radius 3 is 2.80 bits per heavy atom. The number of aliphatic hydroxyl groups is 1. The van der Waals surface area contributed by atoms with Crippen LogP contribution in [-0.2, 0) is 6.42 Å². The summed E-state index contributed by atoms with van der Waals surface area (Å²) < 4.78 is 5.64. The van der Waals surface area contributed by atoms with E-state index in [-0.39, 0.29) is 12.5 Å². The highest BCUT2D eigenvalue weighted by Crippen LogP contribution is 2.20. The number of hydrogen-bond donors (Lipinski definition) is 2. The average molecular weight is 205 g/mol. The van der Waals surface area contributed by atoms with Gasteiger partial charge in [-0.3, -0.25) is 0 Å². The Morgan fingerprint density at radius 2 is 2.13 bits per heavy atom. The van der Waals surface area contributed by atoms with E-state index in [0.29, 0.717) is 13.0 Å². The third-order valence-corrected chi connectivity index (χ3v) is 2.56. The smallest absolute Gasteiger partial charge is 0.134 e. The minimum Gasteiger partial charge on any atom is -0.461 e. The highest BCUT2D eigenvalue weighted by Gasteiger charge is 2.10. The van der Waals surface area contributed by atoms with E-state index in [9.17, 15) is 0 Å². The zero-order valence-corrected chi connectivity index (χ0v) is 8.52. The number of benzene rings is 1. The Kier molecular flexibility index (Phi) is 3.04. The van der Waals surface area contributed by atoms with Crippen LogP contribution in [0.15, 0.2) is 34.7 Å². The third kappa shape index (κ3) is 2.19. The fraction of sp³-hybridized carbons (Fsp3) is 0.333. The van der Waals surface area contributed by atoms with Gasteiger partial charge in [0.25, 0.3) is 0 Å². The van der Waals surface area contributed by atoms with Crippen LogP contribution in [0.1, 0.15) is 5.76 Å². The number of aliphatic hydroxyl groups excluding tert-OH is 1. The highest BCUT2D eigenvalue weighted by molar-refractivity contribution is 5.77. The Hall–Kier alpha value is -1.32. The van der Waals surface area contributed by atoms with E-state index in [1.807, 2.05) is 30.3 Å². The van der Waals surface area contributed by atoms with Crippen molar-refractivity contribution in [1.29, 1.82) is 0 Å². The van der Waals surface area contributed by atoms with Gasteiger partial charge in [0.2, 0.25) is 0 Å². The monoisotopic (exact) mass is 205 g/mol. The SMILES string of the molecule is NCC(CO)Cc1cc2ccccc2o1. The normalized spacial score (nSPS) is 13.2. The van der Waals surface area contributed by atoms with E-state index in [1.54, 1.807) is 0 Å². The molecule has 0 amide bonds. The Balaban J connectivity index is 2.21. The molecule has 0 aliphatic carbocycles. The first kappa shape index (κ1) is 10.2. The Labute approximate surface area is 88.5 Å². The van der Waals surface area contributed by atoms with Gasteiger partial charge in [-0.05, 0) is 18.7 Å². The average Bonchev–Trinajstić information content (AvgIpc) is 2.68. The van der Waals surface area contributed by atoms with Crippen molar-refractivity contribution in [3.05, 3.63) is 36.1 Å². The molecule has 2 rings (SSSR count). The lowest BCUT2D eigenvalue weighted by Crippen LogP contribution is -2.20. The fourth-order valence-corrected chi connectivity index (χ4v) is 1.64. The molecule has 80 valence electrons. The van der Waals surface area contributed by atoms with Crippen molar-refractivity contribution in [3.8, 4) is 0 Å². The van der Waals surface area contributed by atoms with Crippen LogP contribution in [0.3, 0.4) is 0 Å². The molecule has 1 aromatic carbocycles. The molecule has 3 N–H and O–H groups in total. The second kappa shape index (κ2) is 4.47.